The van der Waals surface area contributed by atoms with E-state index in [1.807, 2.05) is 35.2 Å². The highest BCUT2D eigenvalue weighted by Gasteiger charge is 2.23. The number of nitro groups is 1. The van der Waals surface area contributed by atoms with Gasteiger partial charge in [0, 0.05) is 24.7 Å². The van der Waals surface area contributed by atoms with E-state index >= 15 is 0 Å². The molecule has 0 aromatic heterocycles. The average molecular weight is 392 g/mol. The third kappa shape index (κ3) is 5.69. The van der Waals surface area contributed by atoms with E-state index < -0.39 is 27.0 Å². The Morgan fingerprint density at radius 3 is 2.33 bits per heavy atom. The molecule has 2 N–H and O–H groups in total. The number of hydrogen-bond acceptors (Lipinski definition) is 6. The van der Waals surface area contributed by atoms with E-state index in [1.54, 1.807) is 0 Å². The standard InChI is InChI=1S/C18H20N2O6S/c1-2-18(15(13-21)12-14-6-4-3-5-7-14)26-19-27(24,25)17-10-8-16(9-11-17)20(22)23/h2-11,15,18-19,21H,1,12-13H2/t15-,18-/m0/s1. The molecule has 8 nitrogen and oxygen atoms in total. The number of nitrogens with one attached hydrogen (secondary N) is 1. The summed E-state index contributed by atoms with van der Waals surface area (Å²) in [5.41, 5.74) is 0.743. The highest BCUT2D eigenvalue weighted by Crippen LogP contribution is 2.18. The third-order valence-corrected chi connectivity index (χ3v) is 5.13. The van der Waals surface area contributed by atoms with Crippen molar-refractivity contribution in [1.29, 1.82) is 0 Å². The molecule has 0 saturated heterocycles. The summed E-state index contributed by atoms with van der Waals surface area (Å²) >= 11 is 0. The van der Waals surface area contributed by atoms with Crippen LogP contribution in [0.4, 0.5) is 5.69 Å². The molecule has 0 unspecified atom stereocenters. The highest BCUT2D eigenvalue weighted by molar-refractivity contribution is 7.89. The Labute approximate surface area is 157 Å². The third-order valence-electron chi connectivity index (χ3n) is 3.92. The van der Waals surface area contributed by atoms with Gasteiger partial charge >= 0.3 is 0 Å². The molecule has 0 amide bonds. The van der Waals surface area contributed by atoms with Crippen molar-refractivity contribution in [1.82, 2.24) is 4.89 Å². The zero-order valence-electron chi connectivity index (χ0n) is 14.4. The maximum Gasteiger partial charge on any atom is 0.269 e. The molecule has 0 bridgehead atoms. The van der Waals surface area contributed by atoms with Crippen LogP contribution in [0.5, 0.6) is 0 Å². The summed E-state index contributed by atoms with van der Waals surface area (Å²) in [5, 5.41) is 20.3. The lowest BCUT2D eigenvalue weighted by Gasteiger charge is -2.23. The molecule has 27 heavy (non-hydrogen) atoms. The summed E-state index contributed by atoms with van der Waals surface area (Å²) in [6, 6.07) is 13.8. The molecular weight excluding hydrogens is 372 g/mol. The van der Waals surface area contributed by atoms with Crippen LogP contribution in [0, 0.1) is 16.0 Å². The van der Waals surface area contributed by atoms with Crippen molar-refractivity contribution in [3.05, 3.63) is 82.9 Å². The molecule has 0 aliphatic rings. The SMILES string of the molecule is C=C[C@H](ONS(=O)(=O)c1ccc([N+](=O)[O-])cc1)[C@H](CO)Cc1ccccc1. The number of hydrogen-bond donors (Lipinski definition) is 2. The summed E-state index contributed by atoms with van der Waals surface area (Å²) < 4.78 is 24.6. The van der Waals surface area contributed by atoms with E-state index in [0.29, 0.717) is 6.42 Å². The Balaban J connectivity index is 2.06. The number of sulfonamides is 1. The lowest BCUT2D eigenvalue weighted by Crippen LogP contribution is -2.35. The fraction of sp³-hybridized carbons (Fsp3) is 0.222. The number of nitrogens with zero attached hydrogens (tertiary/aromatic N) is 1. The number of non-ortho nitro benzene ring substituents is 1. The molecule has 0 aliphatic heterocycles. The van der Waals surface area contributed by atoms with Gasteiger partial charge in [0.15, 0.2) is 0 Å². The molecule has 0 heterocycles. The zero-order valence-corrected chi connectivity index (χ0v) is 15.2. The van der Waals surface area contributed by atoms with Crippen molar-refractivity contribution in [3.63, 3.8) is 0 Å². The molecule has 2 rings (SSSR count). The van der Waals surface area contributed by atoms with Gasteiger partial charge in [-0.3, -0.25) is 15.0 Å². The summed E-state index contributed by atoms with van der Waals surface area (Å²) in [6.07, 6.45) is 1.10. The number of nitro benzene ring substituents is 1. The number of rotatable bonds is 10. The Morgan fingerprint density at radius 1 is 1.19 bits per heavy atom. The van der Waals surface area contributed by atoms with Crippen LogP contribution in [-0.4, -0.2) is 31.2 Å². The molecule has 144 valence electrons. The van der Waals surface area contributed by atoms with Crippen LogP contribution >= 0.6 is 0 Å². The molecule has 2 aromatic rings. The Bertz CT molecular complexity index is 868. The first kappa shape index (κ1) is 20.7. The van der Waals surface area contributed by atoms with Crippen molar-refractivity contribution in [2.75, 3.05) is 6.61 Å². The van der Waals surface area contributed by atoms with Crippen molar-refractivity contribution in [3.8, 4) is 0 Å². The number of aliphatic hydroxyl groups is 1. The summed E-state index contributed by atoms with van der Waals surface area (Å²) in [7, 11) is -4.05. The second-order valence-corrected chi connectivity index (χ2v) is 7.43. The Morgan fingerprint density at radius 2 is 1.81 bits per heavy atom. The predicted octanol–water partition coefficient (Wildman–Crippen LogP) is 2.21. The lowest BCUT2D eigenvalue weighted by atomic mass is 9.95. The van der Waals surface area contributed by atoms with Gasteiger partial charge in [-0.05, 0) is 24.1 Å². The second-order valence-electron chi connectivity index (χ2n) is 5.79. The molecule has 0 fully saturated rings. The van der Waals surface area contributed by atoms with Crippen LogP contribution < -0.4 is 4.89 Å². The molecule has 0 saturated carbocycles. The van der Waals surface area contributed by atoms with Crippen LogP contribution in [0.3, 0.4) is 0 Å². The predicted molar refractivity (Wildman–Crippen MR) is 99.2 cm³/mol. The van der Waals surface area contributed by atoms with Crippen LogP contribution in [0.2, 0.25) is 0 Å². The molecule has 0 spiro atoms. The first-order valence-corrected chi connectivity index (χ1v) is 9.55. The van der Waals surface area contributed by atoms with Crippen molar-refractivity contribution in [2.45, 2.75) is 17.4 Å². The Hall–Kier alpha value is -2.59. The molecule has 2 aromatic carbocycles. The van der Waals surface area contributed by atoms with E-state index in [9.17, 15) is 23.6 Å². The van der Waals surface area contributed by atoms with E-state index in [4.69, 9.17) is 4.84 Å². The summed E-state index contributed by atoms with van der Waals surface area (Å²) in [6.45, 7) is 3.40. The van der Waals surface area contributed by atoms with E-state index in [-0.39, 0.29) is 17.2 Å². The van der Waals surface area contributed by atoms with Gasteiger partial charge in [-0.25, -0.2) is 8.42 Å². The van der Waals surface area contributed by atoms with Crippen LogP contribution in [-0.2, 0) is 21.3 Å². The largest absolute Gasteiger partial charge is 0.396 e. The highest BCUT2D eigenvalue weighted by atomic mass is 32.2. The van der Waals surface area contributed by atoms with Crippen molar-refractivity contribution >= 4 is 15.7 Å². The van der Waals surface area contributed by atoms with E-state index in [1.165, 1.54) is 6.08 Å². The van der Waals surface area contributed by atoms with E-state index in [0.717, 1.165) is 29.8 Å². The Kier molecular flexibility index (Phi) is 7.19. The van der Waals surface area contributed by atoms with Gasteiger partial charge in [0.1, 0.15) is 6.10 Å². The smallest absolute Gasteiger partial charge is 0.269 e. The first-order chi connectivity index (χ1) is 12.9. The van der Waals surface area contributed by atoms with Gasteiger partial charge in [-0.1, -0.05) is 41.3 Å². The monoisotopic (exact) mass is 392 g/mol. The molecule has 2 atom stereocenters. The maximum atomic E-state index is 12.3. The molecular formula is C18H20N2O6S. The van der Waals surface area contributed by atoms with Gasteiger partial charge < -0.3 is 5.11 Å². The van der Waals surface area contributed by atoms with Gasteiger partial charge in [-0.2, -0.15) is 0 Å². The molecule has 9 heteroatoms. The number of aliphatic hydroxyl groups excluding tert-OH is 1. The topological polar surface area (TPSA) is 119 Å². The minimum Gasteiger partial charge on any atom is -0.396 e. The minimum absolute atomic E-state index is 0.181. The van der Waals surface area contributed by atoms with Gasteiger partial charge in [-0.15, -0.1) is 6.58 Å². The summed E-state index contributed by atoms with van der Waals surface area (Å²) in [5.74, 6) is -0.413. The van der Waals surface area contributed by atoms with Crippen molar-refractivity contribution in [2.24, 2.45) is 5.92 Å². The maximum absolute atomic E-state index is 12.3. The fourth-order valence-electron chi connectivity index (χ4n) is 2.45. The quantitative estimate of drug-likeness (QED) is 0.363. The summed E-state index contributed by atoms with van der Waals surface area (Å²) in [4.78, 5) is 17.1. The molecule has 0 radical (unpaired) electrons. The number of benzene rings is 2. The van der Waals surface area contributed by atoms with Crippen molar-refractivity contribution < 1.29 is 23.3 Å². The zero-order chi connectivity index (χ0) is 19.9. The molecule has 0 aliphatic carbocycles. The van der Waals surface area contributed by atoms with Gasteiger partial charge in [0.2, 0.25) is 0 Å². The second kappa shape index (κ2) is 9.38. The van der Waals surface area contributed by atoms with Gasteiger partial charge in [0.05, 0.1) is 9.82 Å². The normalized spacial score (nSPS) is 13.7. The van der Waals surface area contributed by atoms with E-state index in [2.05, 4.69) is 6.58 Å². The average Bonchev–Trinajstić information content (AvgIpc) is 2.68. The van der Waals surface area contributed by atoms with Crippen LogP contribution in [0.25, 0.3) is 0 Å². The minimum atomic E-state index is -4.05. The first-order valence-electron chi connectivity index (χ1n) is 8.06. The lowest BCUT2D eigenvalue weighted by molar-refractivity contribution is -0.384. The van der Waals surface area contributed by atoms with Crippen LogP contribution in [0.15, 0.2) is 72.1 Å². The van der Waals surface area contributed by atoms with Crippen LogP contribution in [0.1, 0.15) is 5.56 Å². The van der Waals surface area contributed by atoms with Gasteiger partial charge in [0.25, 0.3) is 15.7 Å². The fourth-order valence-corrected chi connectivity index (χ4v) is 3.28.